The largest absolute Gasteiger partial charge is 0.503 e. The molecule has 8 nitrogen and oxygen atoms in total. The second-order valence-corrected chi connectivity index (χ2v) is 6.91. The lowest BCUT2D eigenvalue weighted by atomic mass is 10.1. The number of carbonyl (C=O) groups excluding carboxylic acids is 2. The number of amides is 1. The van der Waals surface area contributed by atoms with Crippen LogP contribution in [0.2, 0.25) is 0 Å². The predicted molar refractivity (Wildman–Crippen MR) is 115 cm³/mol. The molecule has 0 radical (unpaired) electrons. The van der Waals surface area contributed by atoms with Crippen LogP contribution in [-0.2, 0) is 20.9 Å². The van der Waals surface area contributed by atoms with Gasteiger partial charge in [-0.15, -0.1) is 6.58 Å². The van der Waals surface area contributed by atoms with Gasteiger partial charge in [-0.05, 0) is 25.8 Å². The average Bonchev–Trinajstić information content (AvgIpc) is 2.77. The zero-order valence-corrected chi connectivity index (χ0v) is 17.9. The third-order valence-corrected chi connectivity index (χ3v) is 4.55. The van der Waals surface area contributed by atoms with Crippen LogP contribution < -0.4 is 10.1 Å². The Morgan fingerprint density at radius 3 is 2.58 bits per heavy atom. The van der Waals surface area contributed by atoms with E-state index in [2.05, 4.69) is 16.9 Å². The summed E-state index contributed by atoms with van der Waals surface area (Å²) in [5.41, 5.74) is 0.754. The molecule has 1 aromatic heterocycles. The number of ether oxygens (including phenoxy) is 3. The summed E-state index contributed by atoms with van der Waals surface area (Å²) in [6, 6.07) is 10.1. The van der Waals surface area contributed by atoms with Gasteiger partial charge in [-0.3, -0.25) is 4.79 Å². The number of aromatic nitrogens is 1. The van der Waals surface area contributed by atoms with Crippen LogP contribution in [0.1, 0.15) is 36.3 Å². The van der Waals surface area contributed by atoms with Gasteiger partial charge >= 0.3 is 5.97 Å². The lowest BCUT2D eigenvalue weighted by Crippen LogP contribution is -2.42. The number of aromatic hydroxyl groups is 1. The van der Waals surface area contributed by atoms with Crippen LogP contribution in [0.25, 0.3) is 0 Å². The molecule has 0 fully saturated rings. The Hall–Kier alpha value is -3.39. The first kappa shape index (κ1) is 23.9. The molecule has 2 N–H and O–H groups in total. The molecule has 2 rings (SSSR count). The molecular weight excluding hydrogens is 400 g/mol. The molecular formula is C23H28N2O6. The Labute approximate surface area is 181 Å². The standard InChI is InChI=1S/C23H28N2O6/c1-5-9-18(30-14-17-10-7-6-8-11-17)16(3)31-23(28)15(2)25-22(27)20-21(26)19(29-4)12-13-24-20/h5-8,10-13,15-16,18,26H,1,9,14H2,2-4H3,(H,25,27). The molecule has 0 bridgehead atoms. The van der Waals surface area contributed by atoms with E-state index in [1.54, 1.807) is 13.0 Å². The summed E-state index contributed by atoms with van der Waals surface area (Å²) in [5, 5.41) is 12.5. The van der Waals surface area contributed by atoms with Gasteiger partial charge < -0.3 is 24.6 Å². The molecule has 1 aromatic carbocycles. The SMILES string of the molecule is C=CCC(OCc1ccccc1)C(C)OC(=O)C(C)NC(=O)c1nccc(OC)c1O. The van der Waals surface area contributed by atoms with E-state index in [9.17, 15) is 14.7 Å². The van der Waals surface area contributed by atoms with Crippen LogP contribution in [0.15, 0.2) is 55.3 Å². The van der Waals surface area contributed by atoms with Crippen molar-refractivity contribution >= 4 is 11.9 Å². The Morgan fingerprint density at radius 1 is 1.23 bits per heavy atom. The fourth-order valence-electron chi connectivity index (χ4n) is 2.79. The summed E-state index contributed by atoms with van der Waals surface area (Å²) in [6.07, 6.45) is 2.54. The van der Waals surface area contributed by atoms with E-state index in [1.165, 1.54) is 26.3 Å². The van der Waals surface area contributed by atoms with E-state index in [-0.39, 0.29) is 11.4 Å². The zero-order chi connectivity index (χ0) is 22.8. The zero-order valence-electron chi connectivity index (χ0n) is 17.9. The number of nitrogens with zero attached hydrogens (tertiary/aromatic N) is 1. The van der Waals surface area contributed by atoms with Crippen molar-refractivity contribution in [3.05, 3.63) is 66.5 Å². The Bertz CT molecular complexity index is 887. The van der Waals surface area contributed by atoms with Crippen molar-refractivity contribution in [2.45, 2.75) is 45.1 Å². The van der Waals surface area contributed by atoms with Crippen LogP contribution in [0.5, 0.6) is 11.5 Å². The molecule has 0 saturated heterocycles. The fourth-order valence-corrected chi connectivity index (χ4v) is 2.79. The quantitative estimate of drug-likeness (QED) is 0.418. The molecule has 8 heteroatoms. The number of hydrogen-bond acceptors (Lipinski definition) is 7. The molecule has 3 atom stereocenters. The van der Waals surface area contributed by atoms with Crippen molar-refractivity contribution in [2.24, 2.45) is 0 Å². The van der Waals surface area contributed by atoms with E-state index in [0.717, 1.165) is 5.56 Å². The highest BCUT2D eigenvalue weighted by molar-refractivity contribution is 5.97. The summed E-state index contributed by atoms with van der Waals surface area (Å²) in [6.45, 7) is 7.31. The van der Waals surface area contributed by atoms with Gasteiger partial charge in [0.1, 0.15) is 12.1 Å². The van der Waals surface area contributed by atoms with Crippen LogP contribution in [0.4, 0.5) is 0 Å². The van der Waals surface area contributed by atoms with Gasteiger partial charge in [0.25, 0.3) is 5.91 Å². The van der Waals surface area contributed by atoms with Crippen molar-refractivity contribution in [1.29, 1.82) is 0 Å². The topological polar surface area (TPSA) is 107 Å². The minimum atomic E-state index is -0.971. The van der Waals surface area contributed by atoms with Crippen LogP contribution in [0, 0.1) is 0 Å². The van der Waals surface area contributed by atoms with Gasteiger partial charge in [-0.1, -0.05) is 36.4 Å². The summed E-state index contributed by atoms with van der Waals surface area (Å²) in [7, 11) is 1.36. The summed E-state index contributed by atoms with van der Waals surface area (Å²) < 4.78 is 16.4. The molecule has 166 valence electrons. The maximum absolute atomic E-state index is 12.5. The van der Waals surface area contributed by atoms with Crippen LogP contribution >= 0.6 is 0 Å². The van der Waals surface area contributed by atoms with Crippen molar-refractivity contribution < 1.29 is 28.9 Å². The lowest BCUT2D eigenvalue weighted by molar-refractivity contribution is -0.158. The third-order valence-electron chi connectivity index (χ3n) is 4.55. The van der Waals surface area contributed by atoms with Gasteiger partial charge in [0.15, 0.2) is 17.2 Å². The number of carbonyl (C=O) groups is 2. The number of methoxy groups -OCH3 is 1. The summed E-state index contributed by atoms with van der Waals surface area (Å²) in [4.78, 5) is 28.7. The minimum absolute atomic E-state index is 0.104. The van der Waals surface area contributed by atoms with Gasteiger partial charge in [0, 0.05) is 12.3 Å². The molecule has 3 unspecified atom stereocenters. The van der Waals surface area contributed by atoms with Crippen LogP contribution in [-0.4, -0.2) is 47.3 Å². The minimum Gasteiger partial charge on any atom is -0.503 e. The van der Waals surface area contributed by atoms with E-state index in [0.29, 0.717) is 13.0 Å². The van der Waals surface area contributed by atoms with Crippen LogP contribution in [0.3, 0.4) is 0 Å². The van der Waals surface area contributed by atoms with E-state index in [4.69, 9.17) is 14.2 Å². The lowest BCUT2D eigenvalue weighted by Gasteiger charge is -2.25. The van der Waals surface area contributed by atoms with Crippen molar-refractivity contribution in [1.82, 2.24) is 10.3 Å². The normalized spacial score (nSPS) is 13.5. The van der Waals surface area contributed by atoms with E-state index < -0.39 is 35.9 Å². The maximum atomic E-state index is 12.5. The number of hydrogen-bond donors (Lipinski definition) is 2. The molecule has 1 heterocycles. The van der Waals surface area contributed by atoms with Gasteiger partial charge in [-0.25, -0.2) is 9.78 Å². The molecule has 0 saturated carbocycles. The van der Waals surface area contributed by atoms with Crippen molar-refractivity contribution in [2.75, 3.05) is 7.11 Å². The summed E-state index contributed by atoms with van der Waals surface area (Å²) >= 11 is 0. The number of esters is 1. The predicted octanol–water partition coefficient (Wildman–Crippen LogP) is 3.01. The van der Waals surface area contributed by atoms with Gasteiger partial charge in [0.2, 0.25) is 0 Å². The highest BCUT2D eigenvalue weighted by atomic mass is 16.6. The molecule has 1 amide bonds. The molecule has 0 aliphatic heterocycles. The number of nitrogens with one attached hydrogen (secondary N) is 1. The monoisotopic (exact) mass is 428 g/mol. The Balaban J connectivity index is 1.94. The van der Waals surface area contributed by atoms with Gasteiger partial charge in [-0.2, -0.15) is 0 Å². The molecule has 2 aromatic rings. The summed E-state index contributed by atoms with van der Waals surface area (Å²) in [5.74, 6) is -1.67. The molecule has 31 heavy (non-hydrogen) atoms. The Morgan fingerprint density at radius 2 is 1.94 bits per heavy atom. The maximum Gasteiger partial charge on any atom is 0.328 e. The first-order chi connectivity index (χ1) is 14.9. The Kier molecular flexibility index (Phi) is 9.02. The van der Waals surface area contributed by atoms with E-state index in [1.807, 2.05) is 30.3 Å². The molecule has 0 aliphatic rings. The highest BCUT2D eigenvalue weighted by Gasteiger charge is 2.26. The van der Waals surface area contributed by atoms with Crippen molar-refractivity contribution in [3.63, 3.8) is 0 Å². The van der Waals surface area contributed by atoms with Crippen molar-refractivity contribution in [3.8, 4) is 11.5 Å². The highest BCUT2D eigenvalue weighted by Crippen LogP contribution is 2.27. The second-order valence-electron chi connectivity index (χ2n) is 6.91. The number of benzene rings is 1. The smallest absolute Gasteiger partial charge is 0.328 e. The molecule has 0 aliphatic carbocycles. The molecule has 0 spiro atoms. The fraction of sp³-hybridized carbons (Fsp3) is 0.348. The van der Waals surface area contributed by atoms with E-state index >= 15 is 0 Å². The number of pyridine rings is 1. The first-order valence-corrected chi connectivity index (χ1v) is 9.87. The second kappa shape index (κ2) is 11.7. The first-order valence-electron chi connectivity index (χ1n) is 9.87. The average molecular weight is 428 g/mol. The van der Waals surface area contributed by atoms with Gasteiger partial charge in [0.05, 0.1) is 19.8 Å². The number of rotatable bonds is 11. The third kappa shape index (κ3) is 6.82.